The molecule has 0 aliphatic heterocycles. The highest BCUT2D eigenvalue weighted by Crippen LogP contribution is 2.22. The van der Waals surface area contributed by atoms with Gasteiger partial charge in [-0.2, -0.15) is 0 Å². The minimum absolute atomic E-state index is 0.547. The second-order valence-electron chi connectivity index (χ2n) is 3.37. The van der Waals surface area contributed by atoms with Crippen LogP contribution in [0, 0.1) is 6.92 Å². The van der Waals surface area contributed by atoms with Crippen molar-refractivity contribution in [1.82, 2.24) is 10.4 Å². The number of rotatable bonds is 2. The topological polar surface area (TPSA) is 27.3 Å². The number of anilines is 1. The Labute approximate surface area is 100 Å². The number of halogens is 1. The highest BCUT2D eigenvalue weighted by Gasteiger charge is 2.03. The number of thiocarbonyl (C=S) groups is 1. The van der Waals surface area contributed by atoms with Crippen LogP contribution in [0.1, 0.15) is 5.56 Å². The van der Waals surface area contributed by atoms with Gasteiger partial charge in [0.05, 0.1) is 0 Å². The Morgan fingerprint density at radius 3 is 2.67 bits per heavy atom. The third-order valence-corrected chi connectivity index (χ3v) is 2.44. The van der Waals surface area contributed by atoms with Gasteiger partial charge < -0.3 is 5.32 Å². The molecule has 0 saturated carbocycles. The van der Waals surface area contributed by atoms with Crippen molar-refractivity contribution in [2.75, 3.05) is 19.4 Å². The Balaban J connectivity index is 2.73. The normalized spacial score (nSPS) is 10.2. The fourth-order valence-electron chi connectivity index (χ4n) is 1.10. The molecule has 1 aromatic rings. The minimum atomic E-state index is 0.547. The lowest BCUT2D eigenvalue weighted by Gasteiger charge is -2.16. The van der Waals surface area contributed by atoms with Gasteiger partial charge in [-0.05, 0) is 36.8 Å². The van der Waals surface area contributed by atoms with Crippen molar-refractivity contribution in [2.24, 2.45) is 0 Å². The first-order valence-electron chi connectivity index (χ1n) is 4.51. The van der Waals surface area contributed by atoms with Crippen molar-refractivity contribution < 1.29 is 0 Å². The molecule has 5 heteroatoms. The van der Waals surface area contributed by atoms with Gasteiger partial charge in [-0.1, -0.05) is 17.7 Å². The molecule has 0 unspecified atom stereocenters. The van der Waals surface area contributed by atoms with E-state index in [-0.39, 0.29) is 0 Å². The van der Waals surface area contributed by atoms with Gasteiger partial charge >= 0.3 is 0 Å². The van der Waals surface area contributed by atoms with Gasteiger partial charge in [-0.25, -0.2) is 5.01 Å². The summed E-state index contributed by atoms with van der Waals surface area (Å²) >= 11 is 11.1. The summed E-state index contributed by atoms with van der Waals surface area (Å²) in [5.74, 6) is 0. The summed E-state index contributed by atoms with van der Waals surface area (Å²) in [5, 5.41) is 6.13. The Bertz CT molecular complexity index is 366. The van der Waals surface area contributed by atoms with E-state index in [0.717, 1.165) is 16.3 Å². The molecule has 1 rings (SSSR count). The molecule has 0 bridgehead atoms. The van der Waals surface area contributed by atoms with Crippen LogP contribution >= 0.6 is 23.8 Å². The molecule has 0 radical (unpaired) electrons. The fraction of sp³-hybridized carbons (Fsp3) is 0.300. The molecule has 15 heavy (non-hydrogen) atoms. The minimum Gasteiger partial charge on any atom is -0.331 e. The molecule has 0 amide bonds. The number of hydrogen-bond donors (Lipinski definition) is 2. The SMILES string of the molecule is Cc1c(Cl)cccc1NC(=S)NN(C)C. The van der Waals surface area contributed by atoms with Crippen LogP contribution in [0.5, 0.6) is 0 Å². The number of benzene rings is 1. The molecular weight excluding hydrogens is 230 g/mol. The van der Waals surface area contributed by atoms with Gasteiger partial charge in [0.2, 0.25) is 0 Å². The summed E-state index contributed by atoms with van der Waals surface area (Å²) < 4.78 is 0. The lowest BCUT2D eigenvalue weighted by Crippen LogP contribution is -2.39. The predicted molar refractivity (Wildman–Crippen MR) is 69.2 cm³/mol. The average molecular weight is 244 g/mol. The molecular formula is C10H14ClN3S. The predicted octanol–water partition coefficient (Wildman–Crippen LogP) is 2.41. The summed E-state index contributed by atoms with van der Waals surface area (Å²) in [6.45, 7) is 1.95. The van der Waals surface area contributed by atoms with Crippen molar-refractivity contribution in [1.29, 1.82) is 0 Å². The number of nitrogens with one attached hydrogen (secondary N) is 2. The van der Waals surface area contributed by atoms with E-state index < -0.39 is 0 Å². The maximum atomic E-state index is 5.99. The summed E-state index contributed by atoms with van der Waals surface area (Å²) in [5.41, 5.74) is 4.85. The maximum Gasteiger partial charge on any atom is 0.185 e. The van der Waals surface area contributed by atoms with Crippen LogP contribution in [0.3, 0.4) is 0 Å². The van der Waals surface area contributed by atoms with Crippen molar-refractivity contribution in [3.8, 4) is 0 Å². The molecule has 1 aromatic carbocycles. The van der Waals surface area contributed by atoms with Crippen LogP contribution in [0.2, 0.25) is 5.02 Å². The highest BCUT2D eigenvalue weighted by atomic mass is 35.5. The van der Waals surface area contributed by atoms with Crippen molar-refractivity contribution in [3.63, 3.8) is 0 Å². The first kappa shape index (κ1) is 12.2. The van der Waals surface area contributed by atoms with Gasteiger partial charge in [0.1, 0.15) is 0 Å². The molecule has 2 N–H and O–H groups in total. The molecule has 0 fully saturated rings. The fourth-order valence-corrected chi connectivity index (χ4v) is 1.56. The van der Waals surface area contributed by atoms with Gasteiger partial charge in [-0.3, -0.25) is 5.43 Å². The van der Waals surface area contributed by atoms with E-state index in [9.17, 15) is 0 Å². The molecule has 0 aliphatic rings. The van der Waals surface area contributed by atoms with Gasteiger partial charge in [0.15, 0.2) is 5.11 Å². The van der Waals surface area contributed by atoms with Crippen LogP contribution in [0.25, 0.3) is 0 Å². The van der Waals surface area contributed by atoms with Gasteiger partial charge in [0, 0.05) is 24.8 Å². The van der Waals surface area contributed by atoms with Crippen molar-refractivity contribution in [2.45, 2.75) is 6.92 Å². The van der Waals surface area contributed by atoms with E-state index in [4.69, 9.17) is 23.8 Å². The summed E-state index contributed by atoms with van der Waals surface area (Å²) in [4.78, 5) is 0. The van der Waals surface area contributed by atoms with E-state index in [1.54, 1.807) is 5.01 Å². The zero-order chi connectivity index (χ0) is 11.4. The summed E-state index contributed by atoms with van der Waals surface area (Å²) in [7, 11) is 3.75. The maximum absolute atomic E-state index is 5.99. The van der Waals surface area contributed by atoms with E-state index in [2.05, 4.69) is 10.7 Å². The van der Waals surface area contributed by atoms with E-state index in [0.29, 0.717) is 5.11 Å². The van der Waals surface area contributed by atoms with Gasteiger partial charge in [-0.15, -0.1) is 0 Å². The quantitative estimate of drug-likeness (QED) is 0.616. The highest BCUT2D eigenvalue weighted by molar-refractivity contribution is 7.80. The average Bonchev–Trinajstić information content (AvgIpc) is 2.11. The monoisotopic (exact) mass is 243 g/mol. The second kappa shape index (κ2) is 5.30. The molecule has 0 aliphatic carbocycles. The molecule has 0 heterocycles. The van der Waals surface area contributed by atoms with E-state index in [1.165, 1.54) is 0 Å². The Morgan fingerprint density at radius 1 is 1.40 bits per heavy atom. The van der Waals surface area contributed by atoms with Crippen molar-refractivity contribution in [3.05, 3.63) is 28.8 Å². The lowest BCUT2D eigenvalue weighted by molar-refractivity contribution is 0.365. The van der Waals surface area contributed by atoms with E-state index >= 15 is 0 Å². The van der Waals surface area contributed by atoms with Gasteiger partial charge in [0.25, 0.3) is 0 Å². The smallest absolute Gasteiger partial charge is 0.185 e. The van der Waals surface area contributed by atoms with Crippen LogP contribution in [0.15, 0.2) is 18.2 Å². The zero-order valence-corrected chi connectivity index (χ0v) is 10.5. The largest absolute Gasteiger partial charge is 0.331 e. The Kier molecular flexibility index (Phi) is 4.32. The van der Waals surface area contributed by atoms with Crippen molar-refractivity contribution >= 4 is 34.6 Å². The van der Waals surface area contributed by atoms with Crippen LogP contribution in [-0.4, -0.2) is 24.2 Å². The lowest BCUT2D eigenvalue weighted by atomic mass is 10.2. The zero-order valence-electron chi connectivity index (χ0n) is 8.97. The summed E-state index contributed by atoms with van der Waals surface area (Å²) in [6, 6.07) is 5.67. The van der Waals surface area contributed by atoms with Crippen LogP contribution in [-0.2, 0) is 0 Å². The standard InChI is InChI=1S/C10H14ClN3S/c1-7-8(11)5-4-6-9(7)12-10(15)13-14(2)3/h4-6H,1-3H3,(H2,12,13,15). The first-order valence-corrected chi connectivity index (χ1v) is 5.29. The molecule has 3 nitrogen and oxygen atoms in total. The van der Waals surface area contributed by atoms with Crippen LogP contribution < -0.4 is 10.7 Å². The first-order chi connectivity index (χ1) is 7.00. The molecule has 0 spiro atoms. The molecule has 0 aromatic heterocycles. The Morgan fingerprint density at radius 2 is 2.07 bits per heavy atom. The second-order valence-corrected chi connectivity index (χ2v) is 4.19. The summed E-state index contributed by atoms with van der Waals surface area (Å²) in [6.07, 6.45) is 0. The number of hydrogen-bond acceptors (Lipinski definition) is 2. The third-order valence-electron chi connectivity index (χ3n) is 1.84. The number of nitrogens with zero attached hydrogens (tertiary/aromatic N) is 1. The molecule has 82 valence electrons. The molecule has 0 saturated heterocycles. The van der Waals surface area contributed by atoms with Crippen LogP contribution in [0.4, 0.5) is 5.69 Å². The number of hydrazine groups is 1. The molecule has 0 atom stereocenters. The third kappa shape index (κ3) is 3.66. The van der Waals surface area contributed by atoms with E-state index in [1.807, 2.05) is 39.2 Å². The Hall–Kier alpha value is -0.840.